The molecule has 0 amide bonds. The van der Waals surface area contributed by atoms with Gasteiger partial charge in [0.25, 0.3) is 0 Å². The van der Waals surface area contributed by atoms with Crippen molar-refractivity contribution in [3.8, 4) is 11.3 Å². The largest absolute Gasteiger partial charge is 0.494 e. The lowest BCUT2D eigenvalue weighted by atomic mass is 9.78. The summed E-state index contributed by atoms with van der Waals surface area (Å²) in [6.07, 6.45) is 13.2. The molecular weight excluding hydrogens is 943 g/mol. The highest BCUT2D eigenvalue weighted by molar-refractivity contribution is 6.62. The van der Waals surface area contributed by atoms with Gasteiger partial charge in [-0.1, -0.05) is 48.0 Å². The zero-order valence-corrected chi connectivity index (χ0v) is 43.0. The van der Waals surface area contributed by atoms with Crippen molar-refractivity contribution in [2.75, 3.05) is 30.0 Å². The van der Waals surface area contributed by atoms with Gasteiger partial charge in [-0.3, -0.25) is 0 Å². The van der Waals surface area contributed by atoms with Gasteiger partial charge in [0.05, 0.1) is 35.1 Å². The number of esters is 1. The number of carboxylic acid groups (broad SMARTS) is 1. The molecule has 3 aliphatic rings. The summed E-state index contributed by atoms with van der Waals surface area (Å²) in [6, 6.07) is 31.3. The fourth-order valence-corrected chi connectivity index (χ4v) is 9.65. The maximum absolute atomic E-state index is 11.5. The maximum Gasteiger partial charge on any atom is 0.494 e. The molecule has 2 atom stereocenters. The van der Waals surface area contributed by atoms with E-state index in [1.807, 2.05) is 58.0 Å². The molecule has 16 nitrogen and oxygen atoms in total. The van der Waals surface area contributed by atoms with Crippen LogP contribution in [-0.2, 0) is 26.9 Å². The van der Waals surface area contributed by atoms with E-state index in [-0.39, 0.29) is 22.7 Å². The summed E-state index contributed by atoms with van der Waals surface area (Å²) in [5.74, 6) is 0.763. The maximum atomic E-state index is 11.5. The van der Waals surface area contributed by atoms with Crippen LogP contribution in [0.5, 0.6) is 0 Å². The van der Waals surface area contributed by atoms with Crippen molar-refractivity contribution in [1.29, 1.82) is 0 Å². The lowest BCUT2D eigenvalue weighted by Crippen LogP contribution is -2.41. The third-order valence-corrected chi connectivity index (χ3v) is 14.3. The Hall–Kier alpha value is -7.21. The number of fused-ring (bicyclic) bond motifs is 2. The number of ether oxygens (including phenoxy) is 1. The van der Waals surface area contributed by atoms with Gasteiger partial charge in [0.2, 0.25) is 0 Å². The smallest absolute Gasteiger partial charge is 0.478 e. The molecule has 9 heterocycles. The Morgan fingerprint density at radius 1 is 0.712 bits per heavy atom. The third-order valence-electron chi connectivity index (χ3n) is 14.1. The predicted molar refractivity (Wildman–Crippen MR) is 283 cm³/mol. The second kappa shape index (κ2) is 21.5. The van der Waals surface area contributed by atoms with E-state index in [9.17, 15) is 14.7 Å². The van der Waals surface area contributed by atoms with E-state index in [0.717, 1.165) is 69.6 Å². The van der Waals surface area contributed by atoms with Crippen molar-refractivity contribution in [3.63, 3.8) is 0 Å². The monoisotopic (exact) mass is 1000 g/mol. The molecule has 0 unspecified atom stereocenters. The molecule has 0 bridgehead atoms. The van der Waals surface area contributed by atoms with Gasteiger partial charge >= 0.3 is 19.1 Å². The number of hydrogen-bond acceptors (Lipinski definition) is 13. The van der Waals surface area contributed by atoms with Crippen LogP contribution >= 0.6 is 11.6 Å². The average molecular weight is 1000 g/mol. The molecule has 6 aromatic heterocycles. The van der Waals surface area contributed by atoms with Crippen LogP contribution in [0.4, 0.5) is 11.6 Å². The first-order valence-electron chi connectivity index (χ1n) is 24.7. The minimum Gasteiger partial charge on any atom is -0.478 e. The van der Waals surface area contributed by atoms with Gasteiger partial charge in [-0.15, -0.1) is 0 Å². The molecule has 0 spiro atoms. The van der Waals surface area contributed by atoms with Crippen LogP contribution in [0.2, 0.25) is 5.15 Å². The highest BCUT2D eigenvalue weighted by Crippen LogP contribution is 2.36. The van der Waals surface area contributed by atoms with Gasteiger partial charge in [0.15, 0.2) is 11.3 Å². The van der Waals surface area contributed by atoms with E-state index in [1.165, 1.54) is 32.8 Å². The Labute approximate surface area is 430 Å². The normalized spacial score (nSPS) is 17.8. The van der Waals surface area contributed by atoms with Crippen LogP contribution in [0.15, 0.2) is 122 Å². The summed E-state index contributed by atoms with van der Waals surface area (Å²) in [5, 5.41) is 18.6. The fraction of sp³-hybridized carbons (Fsp3) is 0.345. The second-order valence-electron chi connectivity index (χ2n) is 19.7. The first kappa shape index (κ1) is 50.7. The molecule has 2 aromatic carbocycles. The molecule has 0 saturated carbocycles. The van der Waals surface area contributed by atoms with E-state index in [2.05, 4.69) is 74.1 Å². The molecular formula is C55H60BClN10O6. The number of aromatic nitrogens is 8. The topological polar surface area (TPSA) is 175 Å². The predicted octanol–water partition coefficient (Wildman–Crippen LogP) is 9.20. The first-order valence-corrected chi connectivity index (χ1v) is 25.1. The Morgan fingerprint density at radius 3 is 1.79 bits per heavy atom. The molecule has 0 aliphatic carbocycles. The Morgan fingerprint density at radius 2 is 1.25 bits per heavy atom. The highest BCUT2D eigenvalue weighted by atomic mass is 35.5. The molecule has 1 N–H and O–H groups in total. The van der Waals surface area contributed by atoms with Crippen LogP contribution in [0.25, 0.3) is 22.6 Å². The number of carbonyl (C=O) groups is 2. The van der Waals surface area contributed by atoms with Crippen molar-refractivity contribution in [2.24, 2.45) is 0 Å². The number of carbonyl (C=O) groups excluding carboxylic acids is 1. The van der Waals surface area contributed by atoms with Gasteiger partial charge in [0, 0.05) is 90.9 Å². The van der Waals surface area contributed by atoms with Crippen molar-refractivity contribution >= 4 is 59.1 Å². The summed E-state index contributed by atoms with van der Waals surface area (Å²) in [5.41, 5.74) is 7.86. The van der Waals surface area contributed by atoms with Gasteiger partial charge in [-0.05, 0) is 133 Å². The number of anilines is 2. The lowest BCUT2D eigenvalue weighted by molar-refractivity contribution is 0.00578. The van der Waals surface area contributed by atoms with Gasteiger partial charge in [-0.2, -0.15) is 10.2 Å². The van der Waals surface area contributed by atoms with Crippen LogP contribution in [0.3, 0.4) is 0 Å². The standard InChI is InChI=1S/C24H23N5O2.C17H18ClN5.C14H19BO4/c1-16-5-4-11-28(16)22-9-3-8-20(26-22)14-19-15-21(27-29-12-10-25-23(19)29)17-6-2-7-18(13-17)24(30)31;1-12-4-3-8-22(12)16-6-2-5-14(20-16)10-13-11-15(18)21-23-9-7-19-17(13)23;1-13(2)14(3,4)19-15(18-13)11-8-6-7-10(9-11)12(16)17-5/h2-3,6-10,12-13,15-16H,4-5,11,14H2,1H3,(H,30,31);2,5-7,9,11-12H,3-4,8,10H2,1H3;6-9H,1-5H3/t16-;12-;/m00./s1. The second-order valence-corrected chi connectivity index (χ2v) is 20.1. The Bertz CT molecular complexity index is 3260. The molecule has 3 fully saturated rings. The van der Waals surface area contributed by atoms with Crippen LogP contribution in [0, 0.1) is 0 Å². The quantitative estimate of drug-likeness (QED) is 0.101. The molecule has 0 radical (unpaired) electrons. The fourth-order valence-electron chi connectivity index (χ4n) is 9.44. The van der Waals surface area contributed by atoms with Gasteiger partial charge < -0.3 is 29.0 Å². The van der Waals surface area contributed by atoms with Crippen LogP contribution in [0.1, 0.15) is 110 Å². The molecule has 73 heavy (non-hydrogen) atoms. The molecule has 376 valence electrons. The summed E-state index contributed by atoms with van der Waals surface area (Å²) < 4.78 is 20.1. The number of aromatic carboxylic acids is 1. The number of nitrogens with zero attached hydrogens (tertiary/aromatic N) is 10. The molecule has 18 heteroatoms. The van der Waals surface area contributed by atoms with Crippen LogP contribution in [-0.4, -0.2) is 107 Å². The van der Waals surface area contributed by atoms with E-state index >= 15 is 0 Å². The SMILES string of the molecule is COC(=O)c1cccc(B2OC(C)(C)C(C)(C)O2)c1.C[C@H]1CCCN1c1cccc(Cc2cc(-c3cccc(C(=O)O)c3)nn3ccnc23)n1.C[C@H]1CCCN1c1cccc(Cc2cc(Cl)nn3ccnc23)n1. The minimum absolute atomic E-state index is 0.237. The number of pyridine rings is 2. The minimum atomic E-state index is -0.956. The number of hydrogen-bond donors (Lipinski definition) is 1. The lowest BCUT2D eigenvalue weighted by Gasteiger charge is -2.32. The van der Waals surface area contributed by atoms with Gasteiger partial charge in [0.1, 0.15) is 16.8 Å². The summed E-state index contributed by atoms with van der Waals surface area (Å²) in [7, 11) is 0.902. The Kier molecular flexibility index (Phi) is 14.9. The summed E-state index contributed by atoms with van der Waals surface area (Å²) in [6.45, 7) is 14.6. The molecule has 8 aromatic rings. The number of rotatable bonds is 10. The van der Waals surface area contributed by atoms with E-state index < -0.39 is 13.1 Å². The van der Waals surface area contributed by atoms with Crippen LogP contribution < -0.4 is 15.3 Å². The Balaban J connectivity index is 0.000000140. The van der Waals surface area contributed by atoms with E-state index in [1.54, 1.807) is 70.2 Å². The highest BCUT2D eigenvalue weighted by Gasteiger charge is 2.51. The van der Waals surface area contributed by atoms with E-state index in [4.69, 9.17) is 35.6 Å². The zero-order chi connectivity index (χ0) is 51.4. The third kappa shape index (κ3) is 11.4. The number of halogens is 1. The molecule has 3 saturated heterocycles. The van der Waals surface area contributed by atoms with Crippen molar-refractivity contribution in [2.45, 2.75) is 103 Å². The number of carboxylic acids is 1. The van der Waals surface area contributed by atoms with Crippen molar-refractivity contribution in [1.82, 2.24) is 39.2 Å². The number of imidazole rings is 2. The number of methoxy groups -OCH3 is 1. The first-order chi connectivity index (χ1) is 35.0. The molecule has 11 rings (SSSR count). The van der Waals surface area contributed by atoms with Gasteiger partial charge in [-0.25, -0.2) is 38.6 Å². The zero-order valence-electron chi connectivity index (χ0n) is 42.3. The molecule has 3 aliphatic heterocycles. The van der Waals surface area contributed by atoms with Crippen molar-refractivity contribution in [3.05, 3.63) is 161 Å². The summed E-state index contributed by atoms with van der Waals surface area (Å²) >= 11 is 6.11. The summed E-state index contributed by atoms with van der Waals surface area (Å²) in [4.78, 5) is 46.3. The number of benzene rings is 2. The van der Waals surface area contributed by atoms with Crippen molar-refractivity contribution < 1.29 is 28.7 Å². The van der Waals surface area contributed by atoms with E-state index in [0.29, 0.717) is 41.3 Å². The average Bonchev–Trinajstić information content (AvgIpc) is 4.24.